The fraction of sp³-hybridized carbons (Fsp3) is 0. The van der Waals surface area contributed by atoms with Crippen LogP contribution in [0.15, 0.2) is 47.4 Å². The summed E-state index contributed by atoms with van der Waals surface area (Å²) < 4.78 is 0.194. The lowest BCUT2D eigenvalue weighted by molar-refractivity contribution is -0.384. The van der Waals surface area contributed by atoms with Crippen LogP contribution < -0.4 is 4.90 Å². The topological polar surface area (TPSA) is 121 Å². The second kappa shape index (κ2) is 7.17. The molecule has 0 unspecified atom stereocenters. The highest BCUT2D eigenvalue weighted by molar-refractivity contribution is 8.27. The van der Waals surface area contributed by atoms with Gasteiger partial charge in [-0.1, -0.05) is 36.1 Å². The molecule has 0 spiro atoms. The molecule has 8 nitrogen and oxygen atoms in total. The largest absolute Gasteiger partial charge is 0.507 e. The molecular weight excluding hydrogens is 392 g/mol. The van der Waals surface area contributed by atoms with E-state index in [1.165, 1.54) is 36.4 Å². The predicted molar refractivity (Wildman–Crippen MR) is 104 cm³/mol. The number of anilines is 1. The Hall–Kier alpha value is -3.24. The van der Waals surface area contributed by atoms with Crippen molar-refractivity contribution < 1.29 is 24.7 Å². The quantitative estimate of drug-likeness (QED) is 0.345. The van der Waals surface area contributed by atoms with E-state index in [-0.39, 0.29) is 26.2 Å². The van der Waals surface area contributed by atoms with Crippen LogP contribution in [0.5, 0.6) is 5.75 Å². The number of non-ortho nitro benzene ring substituents is 1. The van der Waals surface area contributed by atoms with E-state index in [4.69, 9.17) is 17.3 Å². The van der Waals surface area contributed by atoms with Gasteiger partial charge in [-0.3, -0.25) is 19.8 Å². The molecule has 10 heteroatoms. The van der Waals surface area contributed by atoms with Crippen LogP contribution in [0.4, 0.5) is 11.4 Å². The minimum Gasteiger partial charge on any atom is -0.507 e. The zero-order chi connectivity index (χ0) is 19.7. The van der Waals surface area contributed by atoms with Crippen molar-refractivity contribution in [2.75, 3.05) is 4.90 Å². The van der Waals surface area contributed by atoms with E-state index in [0.717, 1.165) is 22.7 Å². The Labute approximate surface area is 161 Å². The van der Waals surface area contributed by atoms with Gasteiger partial charge in [0.2, 0.25) is 0 Å². The number of aromatic carboxylic acids is 1. The van der Waals surface area contributed by atoms with Gasteiger partial charge in [-0.15, -0.1) is 0 Å². The monoisotopic (exact) mass is 402 g/mol. The number of phenols is 1. The van der Waals surface area contributed by atoms with Gasteiger partial charge in [-0.05, 0) is 23.8 Å². The Morgan fingerprint density at radius 1 is 1.26 bits per heavy atom. The number of carboxylic acid groups (broad SMARTS) is 1. The lowest BCUT2D eigenvalue weighted by atomic mass is 10.1. The van der Waals surface area contributed by atoms with Crippen molar-refractivity contribution in [3.8, 4) is 5.75 Å². The van der Waals surface area contributed by atoms with Gasteiger partial charge >= 0.3 is 5.97 Å². The van der Waals surface area contributed by atoms with Gasteiger partial charge in [0.15, 0.2) is 4.32 Å². The Bertz CT molecular complexity index is 1030. The van der Waals surface area contributed by atoms with Crippen molar-refractivity contribution in [2.45, 2.75) is 0 Å². The van der Waals surface area contributed by atoms with E-state index >= 15 is 0 Å². The number of benzene rings is 2. The normalized spacial score (nSPS) is 15.4. The van der Waals surface area contributed by atoms with Crippen LogP contribution in [0.3, 0.4) is 0 Å². The molecule has 1 saturated heterocycles. The van der Waals surface area contributed by atoms with Crippen LogP contribution in [-0.2, 0) is 4.79 Å². The summed E-state index contributed by atoms with van der Waals surface area (Å²) in [5.41, 5.74) is 0.293. The average molecular weight is 402 g/mol. The second-order valence-electron chi connectivity index (χ2n) is 5.38. The Kier molecular flexibility index (Phi) is 4.93. The van der Waals surface area contributed by atoms with E-state index in [2.05, 4.69) is 0 Å². The lowest BCUT2D eigenvalue weighted by Crippen LogP contribution is -2.27. The number of thiocarbonyl (C=S) groups is 1. The number of aromatic hydroxyl groups is 1. The van der Waals surface area contributed by atoms with Crippen LogP contribution >= 0.6 is 24.0 Å². The highest BCUT2D eigenvalue weighted by atomic mass is 32.2. The van der Waals surface area contributed by atoms with Gasteiger partial charge in [0.1, 0.15) is 11.3 Å². The summed E-state index contributed by atoms with van der Waals surface area (Å²) in [5.74, 6) is -2.26. The van der Waals surface area contributed by atoms with Gasteiger partial charge in [0, 0.05) is 18.2 Å². The molecule has 1 aliphatic heterocycles. The fourth-order valence-electron chi connectivity index (χ4n) is 2.41. The summed E-state index contributed by atoms with van der Waals surface area (Å²) in [6.45, 7) is 0. The smallest absolute Gasteiger partial charge is 0.339 e. The molecule has 2 aromatic carbocycles. The van der Waals surface area contributed by atoms with Gasteiger partial charge in [0.25, 0.3) is 11.6 Å². The lowest BCUT2D eigenvalue weighted by Gasteiger charge is -2.15. The molecule has 136 valence electrons. The van der Waals surface area contributed by atoms with Crippen LogP contribution in [0.2, 0.25) is 0 Å². The fourth-order valence-corrected chi connectivity index (χ4v) is 3.71. The number of thioether (sulfide) groups is 1. The molecular formula is C17H10N2O6S2. The number of nitrogens with zero attached hydrogens (tertiary/aromatic N) is 2. The minimum atomic E-state index is -1.30. The van der Waals surface area contributed by atoms with Gasteiger partial charge in [-0.2, -0.15) is 0 Å². The molecule has 0 atom stereocenters. The Morgan fingerprint density at radius 3 is 2.63 bits per heavy atom. The molecule has 1 amide bonds. The molecule has 1 fully saturated rings. The maximum atomic E-state index is 12.7. The summed E-state index contributed by atoms with van der Waals surface area (Å²) >= 11 is 6.21. The Balaban J connectivity index is 1.94. The van der Waals surface area contributed by atoms with Crippen LogP contribution in [-0.4, -0.2) is 31.3 Å². The second-order valence-corrected chi connectivity index (χ2v) is 7.05. The molecule has 2 aromatic rings. The maximum Gasteiger partial charge on any atom is 0.339 e. The third kappa shape index (κ3) is 3.66. The first-order chi connectivity index (χ1) is 12.8. The number of nitro benzene ring substituents is 1. The number of carbonyl (C=O) groups excluding carboxylic acids is 1. The standard InChI is InChI=1S/C17H10N2O6S2/c20-13-8-10(4-5-12(13)16(22)23)18-15(21)14(27-17(18)26)7-9-2-1-3-11(6-9)19(24)25/h1-8,20H,(H,22,23)/b14-7-. The first-order valence-corrected chi connectivity index (χ1v) is 8.59. The first-order valence-electron chi connectivity index (χ1n) is 7.36. The number of rotatable bonds is 4. The summed E-state index contributed by atoms with van der Waals surface area (Å²) in [7, 11) is 0. The minimum absolute atomic E-state index is 0.103. The maximum absolute atomic E-state index is 12.7. The molecule has 1 heterocycles. The molecule has 27 heavy (non-hydrogen) atoms. The molecule has 0 aliphatic carbocycles. The highest BCUT2D eigenvalue weighted by Gasteiger charge is 2.34. The van der Waals surface area contributed by atoms with Gasteiger partial charge < -0.3 is 10.2 Å². The van der Waals surface area contributed by atoms with E-state index in [9.17, 15) is 24.8 Å². The predicted octanol–water partition coefficient (Wildman–Crippen LogP) is 3.40. The van der Waals surface area contributed by atoms with Crippen molar-refractivity contribution in [2.24, 2.45) is 0 Å². The number of hydrogen-bond acceptors (Lipinski definition) is 7. The van der Waals surface area contributed by atoms with Crippen molar-refractivity contribution in [1.82, 2.24) is 0 Å². The van der Waals surface area contributed by atoms with Crippen molar-refractivity contribution in [3.05, 3.63) is 68.6 Å². The number of nitro groups is 1. The number of hydrogen-bond donors (Lipinski definition) is 2. The van der Waals surface area contributed by atoms with E-state index < -0.39 is 22.5 Å². The van der Waals surface area contributed by atoms with Crippen molar-refractivity contribution in [1.29, 1.82) is 0 Å². The molecule has 2 N–H and O–H groups in total. The molecule has 0 aromatic heterocycles. The van der Waals surface area contributed by atoms with E-state index in [1.807, 2.05) is 0 Å². The average Bonchev–Trinajstić information content (AvgIpc) is 2.88. The van der Waals surface area contributed by atoms with E-state index in [0.29, 0.717) is 5.56 Å². The van der Waals surface area contributed by atoms with Crippen LogP contribution in [0.1, 0.15) is 15.9 Å². The number of carboxylic acids is 1. The van der Waals surface area contributed by atoms with Crippen LogP contribution in [0.25, 0.3) is 6.08 Å². The zero-order valence-corrected chi connectivity index (χ0v) is 15.0. The van der Waals surface area contributed by atoms with Gasteiger partial charge in [-0.25, -0.2) is 4.79 Å². The zero-order valence-electron chi connectivity index (χ0n) is 13.4. The highest BCUT2D eigenvalue weighted by Crippen LogP contribution is 2.37. The summed E-state index contributed by atoms with van der Waals surface area (Å²) in [4.78, 5) is 35.4. The summed E-state index contributed by atoms with van der Waals surface area (Å²) in [5, 5.41) is 29.7. The number of carbonyl (C=O) groups is 2. The molecule has 0 saturated carbocycles. The molecule has 3 rings (SSSR count). The number of amides is 1. The van der Waals surface area contributed by atoms with Crippen LogP contribution in [0, 0.1) is 10.1 Å². The van der Waals surface area contributed by atoms with Crippen molar-refractivity contribution >= 4 is 57.6 Å². The third-order valence-corrected chi connectivity index (χ3v) is 4.94. The summed E-state index contributed by atoms with van der Waals surface area (Å²) in [6, 6.07) is 9.49. The summed E-state index contributed by atoms with van der Waals surface area (Å²) in [6.07, 6.45) is 1.48. The van der Waals surface area contributed by atoms with E-state index in [1.54, 1.807) is 6.07 Å². The molecule has 0 radical (unpaired) electrons. The molecule has 0 bridgehead atoms. The Morgan fingerprint density at radius 2 is 2.00 bits per heavy atom. The first kappa shape index (κ1) is 18.5. The van der Waals surface area contributed by atoms with Gasteiger partial charge in [0.05, 0.1) is 15.5 Å². The SMILES string of the molecule is O=C(O)c1ccc(N2C(=O)/C(=C/c3cccc([N+](=O)[O-])c3)SC2=S)cc1O. The van der Waals surface area contributed by atoms with Crippen molar-refractivity contribution in [3.63, 3.8) is 0 Å². The molecule has 1 aliphatic rings. The third-order valence-electron chi connectivity index (χ3n) is 3.64.